The molecule has 2 atom stereocenters. The molecule has 2 aromatic carbocycles. The van der Waals surface area contributed by atoms with Crippen LogP contribution < -0.4 is 19.3 Å². The van der Waals surface area contributed by atoms with Crippen molar-refractivity contribution in [1.29, 1.82) is 0 Å². The Hall–Kier alpha value is -0.167. The first-order chi connectivity index (χ1) is 14.7. The summed E-state index contributed by atoms with van der Waals surface area (Å²) in [6, 6.07) is 15.3. The van der Waals surface area contributed by atoms with Crippen LogP contribution in [0.4, 0.5) is 0 Å². The van der Waals surface area contributed by atoms with Crippen molar-refractivity contribution in [2.24, 2.45) is 0 Å². The van der Waals surface area contributed by atoms with Crippen LogP contribution in [0.2, 0.25) is 39.3 Å². The Morgan fingerprint density at radius 2 is 0.906 bits per heavy atom. The molecule has 0 saturated carbocycles. The zero-order valence-electron chi connectivity index (χ0n) is 22.3. The summed E-state index contributed by atoms with van der Waals surface area (Å²) < 4.78 is 3.25. The van der Waals surface area contributed by atoms with Crippen molar-refractivity contribution in [1.82, 2.24) is 9.80 Å². The Morgan fingerprint density at radius 3 is 1.16 bits per heavy atom. The summed E-state index contributed by atoms with van der Waals surface area (Å²) in [4.78, 5) is 4.77. The predicted octanol–water partition coefficient (Wildman–Crippen LogP) is 3.30. The Labute approximate surface area is 211 Å². The molecule has 0 bridgehead atoms. The Morgan fingerprint density at radius 1 is 0.594 bits per heavy atom. The first-order valence-corrected chi connectivity index (χ1v) is 24.6. The zero-order valence-corrected chi connectivity index (χ0v) is 27.8. The van der Waals surface area contributed by atoms with E-state index in [0.717, 1.165) is 0 Å². The average molecular weight is 599 g/mol. The van der Waals surface area contributed by atoms with E-state index in [1.165, 1.54) is 0 Å². The van der Waals surface area contributed by atoms with Gasteiger partial charge in [0.25, 0.3) is 0 Å². The van der Waals surface area contributed by atoms with Crippen LogP contribution in [0.5, 0.6) is 0 Å². The molecular formula is C26H44N2Se2Si2. The summed E-state index contributed by atoms with van der Waals surface area (Å²) in [6.07, 6.45) is 0. The summed E-state index contributed by atoms with van der Waals surface area (Å²) in [6.45, 7) is 19.7. The number of hydrogen-bond donors (Lipinski definition) is 0. The second-order valence-corrected chi connectivity index (χ2v) is 27.6. The summed E-state index contributed by atoms with van der Waals surface area (Å²) >= 11 is 0.947. The van der Waals surface area contributed by atoms with Crippen molar-refractivity contribution in [3.8, 4) is 0 Å². The van der Waals surface area contributed by atoms with E-state index in [0.29, 0.717) is 38.3 Å². The van der Waals surface area contributed by atoms with E-state index < -0.39 is 16.1 Å². The van der Waals surface area contributed by atoms with Gasteiger partial charge in [0.2, 0.25) is 0 Å². The van der Waals surface area contributed by atoms with Crippen LogP contribution in [0.25, 0.3) is 0 Å². The summed E-state index contributed by atoms with van der Waals surface area (Å²) in [5.41, 5.74) is 3.25. The zero-order chi connectivity index (χ0) is 24.4. The quantitative estimate of drug-likeness (QED) is 0.409. The molecule has 2 rings (SSSR count). The fraction of sp³-hybridized carbons (Fsp3) is 0.538. The monoisotopic (exact) mass is 600 g/mol. The van der Waals surface area contributed by atoms with Crippen molar-refractivity contribution in [2.75, 3.05) is 28.2 Å². The number of nitrogens with zero attached hydrogens (tertiary/aromatic N) is 2. The molecule has 0 fully saturated rings. The SMILES string of the molecule is C[C@H](c1c([Se][Se]c2cccc([Si](C)(C)C)c2[C@@H](C)N(C)C)cccc1[Si](C)(C)C)N(C)C. The second kappa shape index (κ2) is 11.1. The van der Waals surface area contributed by atoms with Crippen molar-refractivity contribution in [3.05, 3.63) is 47.5 Å². The minimum atomic E-state index is -1.41. The van der Waals surface area contributed by atoms with Crippen LogP contribution in [0.3, 0.4) is 0 Å². The van der Waals surface area contributed by atoms with Crippen LogP contribution in [-0.2, 0) is 0 Å². The normalized spacial score (nSPS) is 14.8. The van der Waals surface area contributed by atoms with Crippen molar-refractivity contribution in [3.63, 3.8) is 0 Å². The van der Waals surface area contributed by atoms with Gasteiger partial charge in [-0.3, -0.25) is 0 Å². The average Bonchev–Trinajstić information content (AvgIpc) is 2.68. The first-order valence-electron chi connectivity index (χ1n) is 11.6. The van der Waals surface area contributed by atoms with E-state index in [4.69, 9.17) is 0 Å². The molecule has 0 N–H and O–H groups in total. The maximum absolute atomic E-state index is 2.49. The van der Waals surface area contributed by atoms with Crippen LogP contribution in [0.1, 0.15) is 37.1 Å². The predicted molar refractivity (Wildman–Crippen MR) is 154 cm³/mol. The molecule has 0 heterocycles. The Balaban J connectivity index is 2.56. The molecule has 0 radical (unpaired) electrons. The third kappa shape index (κ3) is 6.70. The van der Waals surface area contributed by atoms with Crippen molar-refractivity contribution >= 4 is 61.7 Å². The fourth-order valence-corrected chi connectivity index (χ4v) is 15.5. The van der Waals surface area contributed by atoms with Gasteiger partial charge in [-0.25, -0.2) is 0 Å². The van der Waals surface area contributed by atoms with E-state index in [-0.39, 0.29) is 0 Å². The van der Waals surface area contributed by atoms with Gasteiger partial charge < -0.3 is 0 Å². The third-order valence-corrected chi connectivity index (χ3v) is 17.7. The summed E-state index contributed by atoms with van der Waals surface area (Å²) in [5.74, 6) is 0. The van der Waals surface area contributed by atoms with Gasteiger partial charge in [0.05, 0.1) is 0 Å². The van der Waals surface area contributed by atoms with Crippen LogP contribution in [0.15, 0.2) is 36.4 Å². The maximum atomic E-state index is 2.49. The van der Waals surface area contributed by atoms with Gasteiger partial charge in [0.15, 0.2) is 0 Å². The van der Waals surface area contributed by atoms with Gasteiger partial charge in [-0.2, -0.15) is 0 Å². The number of rotatable bonds is 9. The molecular weight excluding hydrogens is 554 g/mol. The summed E-state index contributed by atoms with van der Waals surface area (Å²) in [7, 11) is 6.07. The first kappa shape index (κ1) is 28.1. The van der Waals surface area contributed by atoms with Gasteiger partial charge in [0.1, 0.15) is 0 Å². The third-order valence-electron chi connectivity index (χ3n) is 6.35. The molecule has 0 aliphatic rings. The number of hydrogen-bond acceptors (Lipinski definition) is 2. The topological polar surface area (TPSA) is 6.48 Å². The van der Waals surface area contributed by atoms with Crippen LogP contribution >= 0.6 is 0 Å². The molecule has 0 aliphatic heterocycles. The minimum absolute atomic E-state index is 0.457. The van der Waals surface area contributed by atoms with E-state index >= 15 is 0 Å². The molecule has 0 spiro atoms. The second-order valence-electron chi connectivity index (χ2n) is 11.4. The summed E-state index contributed by atoms with van der Waals surface area (Å²) in [5, 5.41) is 3.29. The Kier molecular flexibility index (Phi) is 9.69. The van der Waals surface area contributed by atoms with Gasteiger partial charge in [-0.05, 0) is 0 Å². The fourth-order valence-electron chi connectivity index (χ4n) is 4.01. The van der Waals surface area contributed by atoms with Gasteiger partial charge in [-0.1, -0.05) is 0 Å². The molecule has 2 nitrogen and oxygen atoms in total. The van der Waals surface area contributed by atoms with Gasteiger partial charge >= 0.3 is 212 Å². The molecule has 0 aromatic heterocycles. The molecule has 0 aliphatic carbocycles. The van der Waals surface area contributed by atoms with Gasteiger partial charge in [0, 0.05) is 0 Å². The standard InChI is InChI=1S/C26H44N2Se2Si2/c1-19(27(3)4)25-21(15-13-17-23(25)31(7,8)9)29-30-22-16-14-18-24(32(10,11)12)26(22)20(2)28(5)6/h13-20H,1-12H3/t19-,20-/m1/s1. The van der Waals surface area contributed by atoms with E-state index in [1.54, 1.807) is 30.4 Å². The van der Waals surface area contributed by atoms with Crippen molar-refractivity contribution in [2.45, 2.75) is 65.2 Å². The van der Waals surface area contributed by atoms with Crippen LogP contribution in [0, 0.1) is 0 Å². The molecule has 0 amide bonds. The number of benzene rings is 2. The van der Waals surface area contributed by atoms with Crippen LogP contribution in [-0.4, -0.2) is 80.4 Å². The van der Waals surface area contributed by atoms with E-state index in [1.807, 2.05) is 0 Å². The van der Waals surface area contributed by atoms with Gasteiger partial charge in [-0.15, -0.1) is 0 Å². The van der Waals surface area contributed by atoms with E-state index in [2.05, 4.69) is 128 Å². The Bertz CT molecular complexity index is 840. The molecule has 32 heavy (non-hydrogen) atoms. The molecule has 178 valence electrons. The van der Waals surface area contributed by atoms with E-state index in [9.17, 15) is 0 Å². The van der Waals surface area contributed by atoms with Crippen molar-refractivity contribution < 1.29 is 0 Å². The molecule has 2 aromatic rings. The molecule has 6 heteroatoms. The molecule has 0 saturated heterocycles. The molecule has 0 unspecified atom stereocenters.